The van der Waals surface area contributed by atoms with Crippen LogP contribution in [0, 0.1) is 0 Å². The minimum absolute atomic E-state index is 0.131. The summed E-state index contributed by atoms with van der Waals surface area (Å²) in [5.74, 6) is -0.408. The van der Waals surface area contributed by atoms with Crippen LogP contribution in [0.15, 0.2) is 30.6 Å². The number of pyridine rings is 2. The first kappa shape index (κ1) is 13.7. The molecule has 0 spiro atoms. The molecule has 98 valence electrons. The molecule has 0 fully saturated rings. The summed E-state index contributed by atoms with van der Waals surface area (Å²) < 4.78 is 0. The molecule has 0 saturated carbocycles. The molecule has 0 radical (unpaired) electrons. The minimum Gasteiger partial charge on any atom is -0.392 e. The van der Waals surface area contributed by atoms with E-state index >= 15 is 0 Å². The number of nitrogens with zero attached hydrogens (tertiary/aromatic N) is 2. The molecular formula is C12H9Cl2N3O2. The fraction of sp³-hybridized carbons (Fsp3) is 0.0833. The van der Waals surface area contributed by atoms with Crippen LogP contribution < -0.4 is 5.32 Å². The first-order valence-corrected chi connectivity index (χ1v) is 6.04. The molecule has 0 aliphatic heterocycles. The normalized spacial score (nSPS) is 10.3. The summed E-state index contributed by atoms with van der Waals surface area (Å²) in [5, 5.41) is 12.0. The van der Waals surface area contributed by atoms with E-state index in [1.165, 1.54) is 24.5 Å². The fourth-order valence-electron chi connectivity index (χ4n) is 1.46. The molecule has 1 amide bonds. The molecule has 19 heavy (non-hydrogen) atoms. The molecule has 5 nitrogen and oxygen atoms in total. The smallest absolute Gasteiger partial charge is 0.255 e. The number of hydrogen-bond donors (Lipinski definition) is 2. The maximum Gasteiger partial charge on any atom is 0.255 e. The fourth-order valence-corrected chi connectivity index (χ4v) is 1.92. The van der Waals surface area contributed by atoms with Crippen LogP contribution in [0.4, 0.5) is 5.69 Å². The third-order valence-corrected chi connectivity index (χ3v) is 2.74. The molecule has 2 N–H and O–H groups in total. The Labute approximate surface area is 119 Å². The number of carbonyl (C=O) groups is 1. The van der Waals surface area contributed by atoms with E-state index in [2.05, 4.69) is 15.3 Å². The van der Waals surface area contributed by atoms with E-state index in [1.54, 1.807) is 6.07 Å². The zero-order valence-corrected chi connectivity index (χ0v) is 11.1. The molecule has 0 aromatic carbocycles. The standard InChI is InChI=1S/C12H9Cl2N3O2/c13-10-3-8(4-11(14)17-10)12(19)16-9-5-15-2-1-7(9)6-18/h1-5,18H,6H2,(H,16,19). The molecule has 0 aliphatic carbocycles. The van der Waals surface area contributed by atoms with E-state index < -0.39 is 5.91 Å². The molecule has 0 atom stereocenters. The van der Waals surface area contributed by atoms with Gasteiger partial charge in [0, 0.05) is 17.3 Å². The Morgan fingerprint density at radius 2 is 2.00 bits per heavy atom. The molecular weight excluding hydrogens is 289 g/mol. The zero-order valence-electron chi connectivity index (χ0n) is 9.60. The third kappa shape index (κ3) is 3.41. The van der Waals surface area contributed by atoms with Crippen molar-refractivity contribution in [3.05, 3.63) is 52.0 Å². The number of anilines is 1. The van der Waals surface area contributed by atoms with Crippen molar-refractivity contribution in [2.45, 2.75) is 6.61 Å². The summed E-state index contributed by atoms with van der Waals surface area (Å²) in [6.07, 6.45) is 2.98. The van der Waals surface area contributed by atoms with Crippen molar-refractivity contribution < 1.29 is 9.90 Å². The van der Waals surface area contributed by atoms with E-state index in [9.17, 15) is 4.79 Å². The summed E-state index contributed by atoms with van der Waals surface area (Å²) in [7, 11) is 0. The first-order valence-electron chi connectivity index (χ1n) is 5.28. The Morgan fingerprint density at radius 1 is 1.32 bits per heavy atom. The lowest BCUT2D eigenvalue weighted by Crippen LogP contribution is -2.14. The highest BCUT2D eigenvalue weighted by atomic mass is 35.5. The molecule has 0 saturated heterocycles. The number of aliphatic hydroxyl groups excluding tert-OH is 1. The average Bonchev–Trinajstić information content (AvgIpc) is 2.38. The summed E-state index contributed by atoms with van der Waals surface area (Å²) in [6.45, 7) is -0.198. The number of halogens is 2. The molecule has 2 heterocycles. The maximum absolute atomic E-state index is 12.0. The van der Waals surface area contributed by atoms with Gasteiger partial charge in [0.05, 0.1) is 18.5 Å². The number of aromatic nitrogens is 2. The van der Waals surface area contributed by atoms with Crippen LogP contribution in [0.1, 0.15) is 15.9 Å². The van der Waals surface area contributed by atoms with E-state index in [0.29, 0.717) is 11.3 Å². The predicted molar refractivity (Wildman–Crippen MR) is 72.4 cm³/mol. The summed E-state index contributed by atoms with van der Waals surface area (Å²) in [4.78, 5) is 19.7. The Morgan fingerprint density at radius 3 is 2.63 bits per heavy atom. The van der Waals surface area contributed by atoms with Gasteiger partial charge in [-0.05, 0) is 18.2 Å². The Bertz CT molecular complexity index is 599. The van der Waals surface area contributed by atoms with Crippen LogP contribution in [0.25, 0.3) is 0 Å². The topological polar surface area (TPSA) is 75.1 Å². The molecule has 2 rings (SSSR count). The van der Waals surface area contributed by atoms with Crippen molar-refractivity contribution in [2.24, 2.45) is 0 Å². The summed E-state index contributed by atoms with van der Waals surface area (Å²) in [5.41, 5.74) is 1.27. The molecule has 2 aromatic rings. The van der Waals surface area contributed by atoms with Crippen LogP contribution >= 0.6 is 23.2 Å². The van der Waals surface area contributed by atoms with Gasteiger partial charge < -0.3 is 10.4 Å². The molecule has 0 aliphatic rings. The van der Waals surface area contributed by atoms with Gasteiger partial charge in [-0.1, -0.05) is 23.2 Å². The Hall–Kier alpha value is -1.69. The Balaban J connectivity index is 2.25. The van der Waals surface area contributed by atoms with Crippen molar-refractivity contribution in [1.29, 1.82) is 0 Å². The van der Waals surface area contributed by atoms with Crippen molar-refractivity contribution in [2.75, 3.05) is 5.32 Å². The lowest BCUT2D eigenvalue weighted by atomic mass is 10.2. The van der Waals surface area contributed by atoms with Crippen molar-refractivity contribution >= 4 is 34.8 Å². The molecule has 0 bridgehead atoms. The van der Waals surface area contributed by atoms with Crippen molar-refractivity contribution in [3.8, 4) is 0 Å². The monoisotopic (exact) mass is 297 g/mol. The highest BCUT2D eigenvalue weighted by Gasteiger charge is 2.11. The van der Waals surface area contributed by atoms with E-state index in [0.717, 1.165) is 0 Å². The van der Waals surface area contributed by atoms with Crippen LogP contribution in [-0.4, -0.2) is 21.0 Å². The van der Waals surface area contributed by atoms with Gasteiger partial charge in [-0.25, -0.2) is 4.98 Å². The number of rotatable bonds is 3. The second-order valence-electron chi connectivity index (χ2n) is 3.65. The van der Waals surface area contributed by atoms with E-state index in [4.69, 9.17) is 28.3 Å². The molecule has 0 unspecified atom stereocenters. The second-order valence-corrected chi connectivity index (χ2v) is 4.42. The van der Waals surface area contributed by atoms with Crippen molar-refractivity contribution in [1.82, 2.24) is 9.97 Å². The largest absolute Gasteiger partial charge is 0.392 e. The third-order valence-electron chi connectivity index (χ3n) is 2.35. The van der Waals surface area contributed by atoms with Gasteiger partial charge in [0.25, 0.3) is 5.91 Å². The number of carbonyl (C=O) groups excluding carboxylic acids is 1. The molecule has 7 heteroatoms. The Kier molecular flexibility index (Phi) is 4.31. The van der Waals surface area contributed by atoms with Crippen LogP contribution in [0.2, 0.25) is 10.3 Å². The minimum atomic E-state index is -0.408. The number of aliphatic hydroxyl groups is 1. The number of hydrogen-bond acceptors (Lipinski definition) is 4. The lowest BCUT2D eigenvalue weighted by Gasteiger charge is -2.08. The highest BCUT2D eigenvalue weighted by Crippen LogP contribution is 2.18. The van der Waals surface area contributed by atoms with Crippen molar-refractivity contribution in [3.63, 3.8) is 0 Å². The van der Waals surface area contributed by atoms with Gasteiger partial charge >= 0.3 is 0 Å². The van der Waals surface area contributed by atoms with Gasteiger partial charge in [-0.2, -0.15) is 0 Å². The average molecular weight is 298 g/mol. The SMILES string of the molecule is O=C(Nc1cnccc1CO)c1cc(Cl)nc(Cl)c1. The zero-order chi connectivity index (χ0) is 13.8. The lowest BCUT2D eigenvalue weighted by molar-refractivity contribution is 0.102. The summed E-state index contributed by atoms with van der Waals surface area (Å²) >= 11 is 11.5. The van der Waals surface area contributed by atoms with Gasteiger partial charge in [-0.15, -0.1) is 0 Å². The van der Waals surface area contributed by atoms with Crippen LogP contribution in [0.5, 0.6) is 0 Å². The summed E-state index contributed by atoms with van der Waals surface area (Å²) in [6, 6.07) is 4.41. The second kappa shape index (κ2) is 5.97. The van der Waals surface area contributed by atoms with Gasteiger partial charge in [0.1, 0.15) is 10.3 Å². The van der Waals surface area contributed by atoms with E-state index in [1.807, 2.05) is 0 Å². The van der Waals surface area contributed by atoms with Gasteiger partial charge in [0.2, 0.25) is 0 Å². The quantitative estimate of drug-likeness (QED) is 0.854. The maximum atomic E-state index is 12.0. The van der Waals surface area contributed by atoms with Gasteiger partial charge in [0.15, 0.2) is 0 Å². The van der Waals surface area contributed by atoms with Crippen LogP contribution in [-0.2, 0) is 6.61 Å². The number of amides is 1. The van der Waals surface area contributed by atoms with E-state index in [-0.39, 0.29) is 22.5 Å². The van der Waals surface area contributed by atoms with Gasteiger partial charge in [-0.3, -0.25) is 9.78 Å². The highest BCUT2D eigenvalue weighted by molar-refractivity contribution is 6.33. The predicted octanol–water partition coefficient (Wildman–Crippen LogP) is 2.53. The first-order chi connectivity index (χ1) is 9.10. The molecule has 2 aromatic heterocycles. The van der Waals surface area contributed by atoms with Crippen LogP contribution in [0.3, 0.4) is 0 Å². The number of nitrogens with one attached hydrogen (secondary N) is 1.